The Hall–Kier alpha value is -1.51. The molecule has 0 spiro atoms. The van der Waals surface area contributed by atoms with E-state index in [9.17, 15) is 9.90 Å². The molecule has 0 aliphatic carbocycles. The number of phenolic OH excluding ortho intramolecular Hbond substituents is 1. The highest BCUT2D eigenvalue weighted by Gasteiger charge is 2.21. The van der Waals surface area contributed by atoms with Crippen molar-refractivity contribution in [2.45, 2.75) is 19.8 Å². The summed E-state index contributed by atoms with van der Waals surface area (Å²) in [6.07, 6.45) is 2.17. The van der Waals surface area contributed by atoms with E-state index in [1.807, 2.05) is 4.90 Å². The Labute approximate surface area is 89.3 Å². The number of phenols is 1. The molecule has 1 fully saturated rings. The van der Waals surface area contributed by atoms with Crippen LogP contribution in [-0.2, 0) is 0 Å². The predicted octanol–water partition coefficient (Wildman–Crippen LogP) is 1.94. The number of aromatic hydroxyl groups is 1. The topological polar surface area (TPSA) is 40.5 Å². The molecule has 2 rings (SSSR count). The molecular formula is C12H15NO2. The molecule has 1 aliphatic rings. The average Bonchev–Trinajstić information content (AvgIpc) is 2.74. The molecule has 1 heterocycles. The number of rotatable bonds is 1. The summed E-state index contributed by atoms with van der Waals surface area (Å²) in [5, 5.41) is 9.52. The molecule has 1 aromatic rings. The fourth-order valence-electron chi connectivity index (χ4n) is 1.95. The third-order valence-corrected chi connectivity index (χ3v) is 2.93. The van der Waals surface area contributed by atoms with E-state index in [1.54, 1.807) is 25.1 Å². The van der Waals surface area contributed by atoms with Crippen LogP contribution in [0.15, 0.2) is 18.2 Å². The Kier molecular flexibility index (Phi) is 2.62. The molecule has 1 N–H and O–H groups in total. The number of likely N-dealkylation sites (tertiary alicyclic amines) is 1. The second kappa shape index (κ2) is 3.93. The van der Waals surface area contributed by atoms with E-state index >= 15 is 0 Å². The van der Waals surface area contributed by atoms with Crippen LogP contribution < -0.4 is 0 Å². The number of carbonyl (C=O) groups excluding carboxylic acids is 1. The fraction of sp³-hybridized carbons (Fsp3) is 0.417. The maximum absolute atomic E-state index is 12.0. The normalized spacial score (nSPS) is 15.7. The standard InChI is InChI=1S/C12H15NO2/c1-9-10(5-4-6-11(9)14)12(15)13-7-2-3-8-13/h4-6,14H,2-3,7-8H2,1H3. The second-order valence-corrected chi connectivity index (χ2v) is 3.95. The highest BCUT2D eigenvalue weighted by atomic mass is 16.3. The first-order valence-electron chi connectivity index (χ1n) is 5.28. The molecule has 3 heteroatoms. The summed E-state index contributed by atoms with van der Waals surface area (Å²) in [5.74, 6) is 0.237. The molecular weight excluding hydrogens is 190 g/mol. The number of hydrogen-bond acceptors (Lipinski definition) is 2. The van der Waals surface area contributed by atoms with Gasteiger partial charge in [0, 0.05) is 24.2 Å². The summed E-state index contributed by atoms with van der Waals surface area (Å²) in [6.45, 7) is 3.46. The van der Waals surface area contributed by atoms with Crippen LogP contribution in [0.2, 0.25) is 0 Å². The summed E-state index contributed by atoms with van der Waals surface area (Å²) in [6, 6.07) is 5.09. The van der Waals surface area contributed by atoms with Crippen molar-refractivity contribution in [2.75, 3.05) is 13.1 Å². The van der Waals surface area contributed by atoms with Gasteiger partial charge in [-0.05, 0) is 31.9 Å². The second-order valence-electron chi connectivity index (χ2n) is 3.95. The summed E-state index contributed by atoms with van der Waals surface area (Å²) in [4.78, 5) is 13.9. The predicted molar refractivity (Wildman–Crippen MR) is 58.0 cm³/mol. The van der Waals surface area contributed by atoms with Gasteiger partial charge in [0.2, 0.25) is 0 Å². The van der Waals surface area contributed by atoms with Crippen LogP contribution >= 0.6 is 0 Å². The van der Waals surface area contributed by atoms with Crippen LogP contribution in [0, 0.1) is 6.92 Å². The van der Waals surface area contributed by atoms with Gasteiger partial charge in [-0.1, -0.05) is 6.07 Å². The van der Waals surface area contributed by atoms with E-state index in [4.69, 9.17) is 0 Å². The molecule has 0 aromatic heterocycles. The molecule has 1 aromatic carbocycles. The zero-order valence-electron chi connectivity index (χ0n) is 8.86. The van der Waals surface area contributed by atoms with Crippen molar-refractivity contribution in [3.05, 3.63) is 29.3 Å². The minimum absolute atomic E-state index is 0.0425. The van der Waals surface area contributed by atoms with Gasteiger partial charge in [-0.3, -0.25) is 4.79 Å². The van der Waals surface area contributed by atoms with E-state index in [2.05, 4.69) is 0 Å². The number of nitrogens with zero attached hydrogens (tertiary/aromatic N) is 1. The van der Waals surface area contributed by atoms with Crippen LogP contribution in [-0.4, -0.2) is 29.0 Å². The first kappa shape index (κ1) is 10.0. The summed E-state index contributed by atoms with van der Waals surface area (Å²) < 4.78 is 0. The third-order valence-electron chi connectivity index (χ3n) is 2.93. The highest BCUT2D eigenvalue weighted by Crippen LogP contribution is 2.22. The summed E-state index contributed by atoms with van der Waals surface area (Å²) >= 11 is 0. The number of amides is 1. The quantitative estimate of drug-likeness (QED) is 0.761. The molecule has 0 bridgehead atoms. The van der Waals surface area contributed by atoms with Crippen molar-refractivity contribution < 1.29 is 9.90 Å². The van der Waals surface area contributed by atoms with Gasteiger partial charge in [0.25, 0.3) is 5.91 Å². The van der Waals surface area contributed by atoms with Crippen molar-refractivity contribution in [1.82, 2.24) is 4.90 Å². The molecule has 3 nitrogen and oxygen atoms in total. The van der Waals surface area contributed by atoms with Crippen LogP contribution in [0.25, 0.3) is 0 Å². The Bertz CT molecular complexity index is 381. The van der Waals surface area contributed by atoms with Crippen molar-refractivity contribution in [1.29, 1.82) is 0 Å². The van der Waals surface area contributed by atoms with Gasteiger partial charge in [0.15, 0.2) is 0 Å². The van der Waals surface area contributed by atoms with Crippen LogP contribution in [0.3, 0.4) is 0 Å². The average molecular weight is 205 g/mol. The van der Waals surface area contributed by atoms with Crippen molar-refractivity contribution in [3.63, 3.8) is 0 Å². The lowest BCUT2D eigenvalue weighted by Gasteiger charge is -2.16. The molecule has 0 radical (unpaired) electrons. The number of hydrogen-bond donors (Lipinski definition) is 1. The van der Waals surface area contributed by atoms with Gasteiger partial charge in [0.05, 0.1) is 0 Å². The summed E-state index contributed by atoms with van der Waals surface area (Å²) in [7, 11) is 0. The van der Waals surface area contributed by atoms with Crippen LogP contribution in [0.1, 0.15) is 28.8 Å². The van der Waals surface area contributed by atoms with E-state index in [1.165, 1.54) is 0 Å². The number of benzene rings is 1. The zero-order chi connectivity index (χ0) is 10.8. The molecule has 1 saturated heterocycles. The molecule has 1 amide bonds. The molecule has 15 heavy (non-hydrogen) atoms. The van der Waals surface area contributed by atoms with Crippen molar-refractivity contribution in [3.8, 4) is 5.75 Å². The van der Waals surface area contributed by atoms with Gasteiger partial charge >= 0.3 is 0 Å². The van der Waals surface area contributed by atoms with E-state index in [-0.39, 0.29) is 11.7 Å². The van der Waals surface area contributed by atoms with Gasteiger partial charge in [0.1, 0.15) is 5.75 Å². The largest absolute Gasteiger partial charge is 0.508 e. The maximum Gasteiger partial charge on any atom is 0.254 e. The smallest absolute Gasteiger partial charge is 0.254 e. The van der Waals surface area contributed by atoms with Crippen molar-refractivity contribution in [2.24, 2.45) is 0 Å². The monoisotopic (exact) mass is 205 g/mol. The maximum atomic E-state index is 12.0. The van der Waals surface area contributed by atoms with Crippen LogP contribution in [0.5, 0.6) is 5.75 Å². The van der Waals surface area contributed by atoms with E-state index in [0.29, 0.717) is 11.1 Å². The zero-order valence-corrected chi connectivity index (χ0v) is 8.86. The fourth-order valence-corrected chi connectivity index (χ4v) is 1.95. The third kappa shape index (κ3) is 1.82. The molecule has 0 saturated carbocycles. The lowest BCUT2D eigenvalue weighted by Crippen LogP contribution is -2.28. The molecule has 80 valence electrons. The van der Waals surface area contributed by atoms with Gasteiger partial charge in [-0.15, -0.1) is 0 Å². The van der Waals surface area contributed by atoms with E-state index < -0.39 is 0 Å². The number of carbonyl (C=O) groups is 1. The van der Waals surface area contributed by atoms with Gasteiger partial charge in [-0.25, -0.2) is 0 Å². The first-order valence-corrected chi connectivity index (χ1v) is 5.28. The summed E-state index contributed by atoms with van der Waals surface area (Å²) in [5.41, 5.74) is 1.30. The minimum Gasteiger partial charge on any atom is -0.508 e. The highest BCUT2D eigenvalue weighted by molar-refractivity contribution is 5.96. The lowest BCUT2D eigenvalue weighted by atomic mass is 10.1. The first-order chi connectivity index (χ1) is 7.20. The molecule has 0 atom stereocenters. The molecule has 1 aliphatic heterocycles. The minimum atomic E-state index is 0.0425. The van der Waals surface area contributed by atoms with Gasteiger partial charge < -0.3 is 10.0 Å². The SMILES string of the molecule is Cc1c(O)cccc1C(=O)N1CCCC1. The van der Waals surface area contributed by atoms with Crippen molar-refractivity contribution >= 4 is 5.91 Å². The van der Waals surface area contributed by atoms with Gasteiger partial charge in [-0.2, -0.15) is 0 Å². The lowest BCUT2D eigenvalue weighted by molar-refractivity contribution is 0.0791. The Balaban J connectivity index is 2.28. The van der Waals surface area contributed by atoms with Crippen LogP contribution in [0.4, 0.5) is 0 Å². The Morgan fingerprint density at radius 3 is 2.67 bits per heavy atom. The Morgan fingerprint density at radius 2 is 2.00 bits per heavy atom. The molecule has 0 unspecified atom stereocenters. The van der Waals surface area contributed by atoms with E-state index in [0.717, 1.165) is 25.9 Å². The Morgan fingerprint density at radius 1 is 1.33 bits per heavy atom.